The second-order valence-electron chi connectivity index (χ2n) is 5.42. The van der Waals surface area contributed by atoms with Crippen molar-refractivity contribution < 1.29 is 9.84 Å². The smallest absolute Gasteiger partial charge is 0.120 e. The molecule has 2 rings (SSSR count). The Morgan fingerprint density at radius 3 is 3.10 bits per heavy atom. The van der Waals surface area contributed by atoms with Crippen molar-refractivity contribution in [2.45, 2.75) is 43.6 Å². The Balaban J connectivity index is 1.63. The Morgan fingerprint density at radius 1 is 1.48 bits per heavy atom. The van der Waals surface area contributed by atoms with Gasteiger partial charge in [-0.3, -0.25) is 0 Å². The Kier molecular flexibility index (Phi) is 7.17. The lowest BCUT2D eigenvalue weighted by Crippen LogP contribution is -2.37. The van der Waals surface area contributed by atoms with Gasteiger partial charge in [0.25, 0.3) is 0 Å². The van der Waals surface area contributed by atoms with Crippen LogP contribution in [0.5, 0.6) is 5.75 Å². The number of hydrogen-bond acceptors (Lipinski definition) is 4. The monoisotopic (exact) mass is 329 g/mol. The summed E-state index contributed by atoms with van der Waals surface area (Å²) in [7, 11) is 0. The summed E-state index contributed by atoms with van der Waals surface area (Å²) in [5.74, 6) is 1.88. The summed E-state index contributed by atoms with van der Waals surface area (Å²) in [6.07, 6.45) is 3.20. The lowest BCUT2D eigenvalue weighted by atomic mass is 10.2. The molecule has 0 saturated heterocycles. The van der Waals surface area contributed by atoms with Crippen LogP contribution in [0.15, 0.2) is 24.3 Å². The average molecular weight is 330 g/mol. The molecule has 3 unspecified atom stereocenters. The molecule has 1 saturated carbocycles. The van der Waals surface area contributed by atoms with Gasteiger partial charge in [0.15, 0.2) is 0 Å². The third-order valence-corrected chi connectivity index (χ3v) is 5.14. The molecule has 5 heteroatoms. The van der Waals surface area contributed by atoms with E-state index in [0.29, 0.717) is 23.4 Å². The van der Waals surface area contributed by atoms with Crippen molar-refractivity contribution in [3.8, 4) is 5.75 Å². The number of hydrogen-bond donors (Lipinski definition) is 2. The molecule has 1 aliphatic rings. The average Bonchev–Trinajstić information content (AvgIpc) is 2.91. The minimum Gasteiger partial charge on any atom is -0.491 e. The van der Waals surface area contributed by atoms with Crippen LogP contribution in [0.4, 0.5) is 0 Å². The zero-order valence-electron chi connectivity index (χ0n) is 12.4. The zero-order chi connectivity index (χ0) is 15.1. The summed E-state index contributed by atoms with van der Waals surface area (Å²) in [6.45, 7) is 3.07. The maximum absolute atomic E-state index is 9.98. The summed E-state index contributed by atoms with van der Waals surface area (Å²) in [5.41, 5.74) is 0. The molecule has 1 aromatic carbocycles. The van der Waals surface area contributed by atoms with Gasteiger partial charge >= 0.3 is 0 Å². The van der Waals surface area contributed by atoms with Gasteiger partial charge in [0, 0.05) is 22.9 Å². The molecule has 1 aromatic rings. The van der Waals surface area contributed by atoms with E-state index in [2.05, 4.69) is 12.2 Å². The predicted molar refractivity (Wildman–Crippen MR) is 90.5 cm³/mol. The molecule has 118 valence electrons. The van der Waals surface area contributed by atoms with Crippen LogP contribution in [0.3, 0.4) is 0 Å². The summed E-state index contributed by atoms with van der Waals surface area (Å²) in [4.78, 5) is 0. The molecule has 1 aliphatic carbocycles. The Labute approximate surface area is 136 Å². The highest BCUT2D eigenvalue weighted by molar-refractivity contribution is 7.99. The fourth-order valence-electron chi connectivity index (χ4n) is 2.62. The van der Waals surface area contributed by atoms with Gasteiger partial charge in [-0.05, 0) is 43.2 Å². The van der Waals surface area contributed by atoms with Crippen molar-refractivity contribution >= 4 is 23.4 Å². The van der Waals surface area contributed by atoms with Crippen LogP contribution in [0, 0.1) is 0 Å². The summed E-state index contributed by atoms with van der Waals surface area (Å²) in [5, 5.41) is 14.9. The number of aliphatic hydroxyl groups is 1. The third kappa shape index (κ3) is 6.07. The molecule has 2 N–H and O–H groups in total. The van der Waals surface area contributed by atoms with Crippen molar-refractivity contribution in [3.05, 3.63) is 29.3 Å². The SMILES string of the molecule is CCSC1CCC(NCC(O)COc2cccc(Cl)c2)C1. The molecule has 0 radical (unpaired) electrons. The van der Waals surface area contributed by atoms with Crippen molar-refractivity contribution in [1.82, 2.24) is 5.32 Å². The van der Waals surface area contributed by atoms with E-state index in [0.717, 1.165) is 5.25 Å². The van der Waals surface area contributed by atoms with Gasteiger partial charge in [-0.1, -0.05) is 24.6 Å². The van der Waals surface area contributed by atoms with E-state index in [-0.39, 0.29) is 6.61 Å². The van der Waals surface area contributed by atoms with Crippen molar-refractivity contribution in [1.29, 1.82) is 0 Å². The molecule has 0 aromatic heterocycles. The molecule has 0 amide bonds. The van der Waals surface area contributed by atoms with Crippen molar-refractivity contribution in [2.75, 3.05) is 18.9 Å². The molecule has 0 spiro atoms. The normalized spacial score (nSPS) is 23.2. The van der Waals surface area contributed by atoms with Gasteiger partial charge in [0.2, 0.25) is 0 Å². The molecule has 21 heavy (non-hydrogen) atoms. The first-order chi connectivity index (χ1) is 10.2. The molecule has 1 fully saturated rings. The van der Waals surface area contributed by atoms with E-state index in [1.165, 1.54) is 25.0 Å². The Bertz CT molecular complexity index is 432. The van der Waals surface area contributed by atoms with Gasteiger partial charge in [0.05, 0.1) is 0 Å². The molecule has 3 atom stereocenters. The van der Waals surface area contributed by atoms with Gasteiger partial charge in [0.1, 0.15) is 18.5 Å². The van der Waals surface area contributed by atoms with E-state index in [1.807, 2.05) is 23.9 Å². The highest BCUT2D eigenvalue weighted by atomic mass is 35.5. The van der Waals surface area contributed by atoms with E-state index < -0.39 is 6.10 Å². The molecular formula is C16H24ClNO2S. The van der Waals surface area contributed by atoms with Crippen LogP contribution in [0.2, 0.25) is 5.02 Å². The molecular weight excluding hydrogens is 306 g/mol. The predicted octanol–water partition coefficient (Wildman–Crippen LogP) is 3.34. The lowest BCUT2D eigenvalue weighted by Gasteiger charge is -2.17. The topological polar surface area (TPSA) is 41.5 Å². The van der Waals surface area contributed by atoms with Gasteiger partial charge in [-0.15, -0.1) is 0 Å². The molecule has 0 bridgehead atoms. The number of nitrogens with one attached hydrogen (secondary N) is 1. The zero-order valence-corrected chi connectivity index (χ0v) is 14.0. The third-order valence-electron chi connectivity index (χ3n) is 3.67. The fourth-order valence-corrected chi connectivity index (χ4v) is 3.95. The standard InChI is InChI=1S/C16H24ClNO2S/c1-2-21-16-7-6-13(9-16)18-10-14(19)11-20-15-5-3-4-12(17)8-15/h3-5,8,13-14,16,18-19H,2,6-7,9-11H2,1H3. The van der Waals surface area contributed by atoms with Crippen LogP contribution in [-0.2, 0) is 0 Å². The quantitative estimate of drug-likeness (QED) is 0.767. The van der Waals surface area contributed by atoms with Crippen LogP contribution in [0.25, 0.3) is 0 Å². The number of halogens is 1. The first-order valence-electron chi connectivity index (χ1n) is 7.58. The van der Waals surface area contributed by atoms with Gasteiger partial charge in [-0.25, -0.2) is 0 Å². The number of benzene rings is 1. The summed E-state index contributed by atoms with van der Waals surface area (Å²) < 4.78 is 5.54. The molecule has 3 nitrogen and oxygen atoms in total. The minimum absolute atomic E-state index is 0.285. The number of rotatable bonds is 8. The molecule has 0 aliphatic heterocycles. The van der Waals surface area contributed by atoms with Gasteiger partial charge < -0.3 is 15.2 Å². The van der Waals surface area contributed by atoms with Crippen LogP contribution in [-0.4, -0.2) is 41.4 Å². The second-order valence-corrected chi connectivity index (χ2v) is 7.43. The van der Waals surface area contributed by atoms with E-state index in [9.17, 15) is 5.11 Å². The maximum atomic E-state index is 9.98. The first-order valence-corrected chi connectivity index (χ1v) is 9.01. The Hall–Kier alpha value is -0.420. The highest BCUT2D eigenvalue weighted by Gasteiger charge is 2.24. The minimum atomic E-state index is -0.498. The van der Waals surface area contributed by atoms with Gasteiger partial charge in [-0.2, -0.15) is 11.8 Å². The van der Waals surface area contributed by atoms with Crippen LogP contribution >= 0.6 is 23.4 Å². The van der Waals surface area contributed by atoms with Crippen molar-refractivity contribution in [3.63, 3.8) is 0 Å². The second kappa shape index (κ2) is 8.89. The van der Waals surface area contributed by atoms with Crippen LogP contribution < -0.4 is 10.1 Å². The van der Waals surface area contributed by atoms with Crippen LogP contribution in [0.1, 0.15) is 26.2 Å². The number of aliphatic hydroxyl groups excluding tert-OH is 1. The maximum Gasteiger partial charge on any atom is 0.120 e. The number of ether oxygens (including phenoxy) is 1. The van der Waals surface area contributed by atoms with E-state index in [1.54, 1.807) is 12.1 Å². The van der Waals surface area contributed by atoms with E-state index >= 15 is 0 Å². The Morgan fingerprint density at radius 2 is 2.33 bits per heavy atom. The summed E-state index contributed by atoms with van der Waals surface area (Å²) in [6, 6.07) is 7.78. The van der Waals surface area contributed by atoms with E-state index in [4.69, 9.17) is 16.3 Å². The largest absolute Gasteiger partial charge is 0.491 e. The molecule has 0 heterocycles. The first kappa shape index (κ1) is 16.9. The fraction of sp³-hybridized carbons (Fsp3) is 0.625. The highest BCUT2D eigenvalue weighted by Crippen LogP contribution is 2.29. The summed E-state index contributed by atoms with van der Waals surface area (Å²) >= 11 is 7.94. The van der Waals surface area contributed by atoms with Crippen molar-refractivity contribution in [2.24, 2.45) is 0 Å². The lowest BCUT2D eigenvalue weighted by molar-refractivity contribution is 0.104. The number of thioether (sulfide) groups is 1.